The number of hydrogen-bond acceptors (Lipinski definition) is 5. The number of aryl methyl sites for hydroxylation is 1. The van der Waals surface area contributed by atoms with Crippen molar-refractivity contribution in [3.8, 4) is 0 Å². The molecule has 0 radical (unpaired) electrons. The van der Waals surface area contributed by atoms with Crippen LogP contribution in [0.2, 0.25) is 0 Å². The van der Waals surface area contributed by atoms with Gasteiger partial charge in [-0.25, -0.2) is 0 Å². The second kappa shape index (κ2) is 3.98. The van der Waals surface area contributed by atoms with Gasteiger partial charge in [0.15, 0.2) is 0 Å². The van der Waals surface area contributed by atoms with Crippen LogP contribution in [-0.2, 0) is 6.54 Å². The van der Waals surface area contributed by atoms with Gasteiger partial charge in [0.1, 0.15) is 10.8 Å². The van der Waals surface area contributed by atoms with Gasteiger partial charge in [0.05, 0.1) is 6.54 Å². The standard InChI is InChI=1S/C9H11N3S2/c1-6-2-3-13-7(6)5-11-9-4-8(10)12-14-9/h2-4,11H,5H2,1H3,(H2,10,12). The molecule has 14 heavy (non-hydrogen) atoms. The number of aromatic nitrogens is 1. The molecule has 0 unspecified atom stereocenters. The van der Waals surface area contributed by atoms with Crippen molar-refractivity contribution in [3.63, 3.8) is 0 Å². The zero-order valence-corrected chi connectivity index (χ0v) is 9.41. The van der Waals surface area contributed by atoms with Crippen LogP contribution >= 0.6 is 22.9 Å². The fourth-order valence-corrected chi connectivity index (χ4v) is 2.54. The first kappa shape index (κ1) is 9.48. The molecule has 5 heteroatoms. The highest BCUT2D eigenvalue weighted by molar-refractivity contribution is 7.11. The molecule has 0 spiro atoms. The number of nitrogens with one attached hydrogen (secondary N) is 1. The summed E-state index contributed by atoms with van der Waals surface area (Å²) in [4.78, 5) is 1.36. The summed E-state index contributed by atoms with van der Waals surface area (Å²) >= 11 is 3.16. The topological polar surface area (TPSA) is 50.9 Å². The Bertz CT molecular complexity index is 419. The third kappa shape index (κ3) is 2.05. The molecule has 0 fully saturated rings. The van der Waals surface area contributed by atoms with Crippen molar-refractivity contribution in [2.75, 3.05) is 11.1 Å². The minimum Gasteiger partial charge on any atom is -0.383 e. The van der Waals surface area contributed by atoms with E-state index in [1.165, 1.54) is 22.0 Å². The van der Waals surface area contributed by atoms with Crippen LogP contribution in [-0.4, -0.2) is 4.37 Å². The predicted octanol–water partition coefficient (Wildman–Crippen LogP) is 2.71. The average Bonchev–Trinajstić information content (AvgIpc) is 2.72. The van der Waals surface area contributed by atoms with Crippen LogP contribution in [0.1, 0.15) is 10.4 Å². The molecule has 0 aliphatic carbocycles. The molecule has 0 atom stereocenters. The lowest BCUT2D eigenvalue weighted by Crippen LogP contribution is -1.96. The van der Waals surface area contributed by atoms with E-state index in [1.54, 1.807) is 11.3 Å². The van der Waals surface area contributed by atoms with Gasteiger partial charge in [0.2, 0.25) is 0 Å². The SMILES string of the molecule is Cc1ccsc1CNc1cc(N)ns1. The smallest absolute Gasteiger partial charge is 0.139 e. The summed E-state index contributed by atoms with van der Waals surface area (Å²) in [5.74, 6) is 0.584. The quantitative estimate of drug-likeness (QED) is 0.844. The van der Waals surface area contributed by atoms with Crippen molar-refractivity contribution in [2.45, 2.75) is 13.5 Å². The average molecular weight is 225 g/mol. The van der Waals surface area contributed by atoms with Crippen molar-refractivity contribution < 1.29 is 0 Å². The Kier molecular flexibility index (Phi) is 2.69. The molecular weight excluding hydrogens is 214 g/mol. The third-order valence-electron chi connectivity index (χ3n) is 1.92. The van der Waals surface area contributed by atoms with E-state index >= 15 is 0 Å². The van der Waals surface area contributed by atoms with E-state index < -0.39 is 0 Å². The van der Waals surface area contributed by atoms with E-state index in [2.05, 4.69) is 28.1 Å². The molecule has 0 amide bonds. The van der Waals surface area contributed by atoms with Crippen LogP contribution in [0.25, 0.3) is 0 Å². The summed E-state index contributed by atoms with van der Waals surface area (Å²) in [6.45, 7) is 2.97. The Morgan fingerprint density at radius 1 is 1.57 bits per heavy atom. The second-order valence-electron chi connectivity index (χ2n) is 3.00. The lowest BCUT2D eigenvalue weighted by Gasteiger charge is -2.00. The van der Waals surface area contributed by atoms with Gasteiger partial charge in [-0.3, -0.25) is 0 Å². The number of nitrogens with two attached hydrogens (primary N) is 1. The lowest BCUT2D eigenvalue weighted by molar-refractivity contribution is 1.18. The van der Waals surface area contributed by atoms with Crippen LogP contribution < -0.4 is 11.1 Å². The zero-order valence-electron chi connectivity index (χ0n) is 7.78. The third-order valence-corrected chi connectivity index (χ3v) is 3.70. The molecule has 0 aromatic carbocycles. The highest BCUT2D eigenvalue weighted by Gasteiger charge is 2.01. The van der Waals surface area contributed by atoms with E-state index in [0.29, 0.717) is 5.82 Å². The number of nitrogens with zero attached hydrogens (tertiary/aromatic N) is 1. The van der Waals surface area contributed by atoms with Crippen molar-refractivity contribution in [2.24, 2.45) is 0 Å². The molecule has 0 saturated heterocycles. The van der Waals surface area contributed by atoms with Crippen LogP contribution in [0.3, 0.4) is 0 Å². The molecule has 2 aromatic heterocycles. The molecule has 0 aliphatic heterocycles. The number of nitrogen functional groups attached to an aromatic ring is 1. The highest BCUT2D eigenvalue weighted by Crippen LogP contribution is 2.21. The fraction of sp³-hybridized carbons (Fsp3) is 0.222. The van der Waals surface area contributed by atoms with Gasteiger partial charge < -0.3 is 11.1 Å². The maximum Gasteiger partial charge on any atom is 0.139 e. The molecule has 2 heterocycles. The maximum absolute atomic E-state index is 5.52. The second-order valence-corrected chi connectivity index (χ2v) is 4.80. The number of hydrogen-bond donors (Lipinski definition) is 2. The molecule has 0 aliphatic rings. The summed E-state index contributed by atoms with van der Waals surface area (Å²) in [6, 6.07) is 3.98. The summed E-state index contributed by atoms with van der Waals surface area (Å²) in [5, 5.41) is 6.42. The first-order valence-electron chi connectivity index (χ1n) is 4.25. The van der Waals surface area contributed by atoms with E-state index in [1.807, 2.05) is 6.07 Å². The molecular formula is C9H11N3S2. The van der Waals surface area contributed by atoms with Gasteiger partial charge in [-0.2, -0.15) is 4.37 Å². The first-order valence-corrected chi connectivity index (χ1v) is 5.90. The Labute approximate surface area is 90.7 Å². The highest BCUT2D eigenvalue weighted by atomic mass is 32.1. The van der Waals surface area contributed by atoms with Gasteiger partial charge in [-0.05, 0) is 35.5 Å². The van der Waals surface area contributed by atoms with E-state index in [0.717, 1.165) is 11.5 Å². The van der Waals surface area contributed by atoms with Gasteiger partial charge >= 0.3 is 0 Å². The Morgan fingerprint density at radius 3 is 3.00 bits per heavy atom. The molecule has 3 nitrogen and oxygen atoms in total. The predicted molar refractivity (Wildman–Crippen MR) is 62.9 cm³/mol. The largest absolute Gasteiger partial charge is 0.383 e. The van der Waals surface area contributed by atoms with Crippen LogP contribution in [0.5, 0.6) is 0 Å². The van der Waals surface area contributed by atoms with Crippen molar-refractivity contribution in [1.29, 1.82) is 0 Å². The van der Waals surface area contributed by atoms with Crippen LogP contribution in [0.4, 0.5) is 10.8 Å². The molecule has 74 valence electrons. The number of thiophene rings is 1. The normalized spacial score (nSPS) is 10.4. The monoisotopic (exact) mass is 225 g/mol. The van der Waals surface area contributed by atoms with Gasteiger partial charge in [0, 0.05) is 10.9 Å². The number of anilines is 2. The van der Waals surface area contributed by atoms with Gasteiger partial charge in [0.25, 0.3) is 0 Å². The molecule has 2 rings (SSSR count). The van der Waals surface area contributed by atoms with Crippen LogP contribution in [0, 0.1) is 6.92 Å². The summed E-state index contributed by atoms with van der Waals surface area (Å²) in [6.07, 6.45) is 0. The summed E-state index contributed by atoms with van der Waals surface area (Å²) in [7, 11) is 0. The Morgan fingerprint density at radius 2 is 2.43 bits per heavy atom. The van der Waals surface area contributed by atoms with E-state index in [4.69, 9.17) is 5.73 Å². The van der Waals surface area contributed by atoms with Gasteiger partial charge in [-0.15, -0.1) is 11.3 Å². The molecule has 0 bridgehead atoms. The van der Waals surface area contributed by atoms with Crippen molar-refractivity contribution >= 4 is 33.7 Å². The van der Waals surface area contributed by atoms with E-state index in [9.17, 15) is 0 Å². The molecule has 0 saturated carbocycles. The number of rotatable bonds is 3. The molecule has 3 N–H and O–H groups in total. The lowest BCUT2D eigenvalue weighted by atomic mass is 10.3. The van der Waals surface area contributed by atoms with Gasteiger partial charge in [-0.1, -0.05) is 0 Å². The fourth-order valence-electron chi connectivity index (χ4n) is 1.12. The summed E-state index contributed by atoms with van der Waals surface area (Å²) in [5.41, 5.74) is 6.85. The summed E-state index contributed by atoms with van der Waals surface area (Å²) < 4.78 is 4.00. The molecule has 2 aromatic rings. The maximum atomic E-state index is 5.52. The minimum absolute atomic E-state index is 0.584. The van der Waals surface area contributed by atoms with Crippen LogP contribution in [0.15, 0.2) is 17.5 Å². The van der Waals surface area contributed by atoms with E-state index in [-0.39, 0.29) is 0 Å². The van der Waals surface area contributed by atoms with Crippen molar-refractivity contribution in [1.82, 2.24) is 4.37 Å². The zero-order chi connectivity index (χ0) is 9.97. The van der Waals surface area contributed by atoms with Crippen molar-refractivity contribution in [3.05, 3.63) is 28.0 Å². The minimum atomic E-state index is 0.584. The Hall–Kier alpha value is -1.07. The first-order chi connectivity index (χ1) is 6.75. The Balaban J connectivity index is 1.98.